The number of ether oxygens (including phenoxy) is 9. The lowest BCUT2D eigenvalue weighted by atomic mass is 10.0. The van der Waals surface area contributed by atoms with Crippen LogP contribution >= 0.6 is 0 Å². The van der Waals surface area contributed by atoms with Crippen molar-refractivity contribution in [3.05, 3.63) is 60.7 Å². The van der Waals surface area contributed by atoms with Gasteiger partial charge in [0.15, 0.2) is 0 Å². The minimum atomic E-state index is -1.54. The molecule has 1 fully saturated rings. The molecule has 1 aliphatic heterocycles. The first-order chi connectivity index (χ1) is 19.2. The second kappa shape index (κ2) is 18.6. The summed E-state index contributed by atoms with van der Waals surface area (Å²) in [5, 5.41) is 2.29. The summed E-state index contributed by atoms with van der Waals surface area (Å²) < 4.78 is 57.4. The number of rotatable bonds is 20. The van der Waals surface area contributed by atoms with E-state index < -0.39 is 27.4 Å². The van der Waals surface area contributed by atoms with Crippen LogP contribution < -0.4 is 10.4 Å². The fraction of sp³-hybridized carbons (Fsp3) is 0.571. The van der Waals surface area contributed by atoms with Crippen LogP contribution in [0, 0.1) is 0 Å². The topological polar surface area (TPSA) is 92.3 Å². The van der Waals surface area contributed by atoms with Crippen molar-refractivity contribution < 1.29 is 47.1 Å². The Hall–Kier alpha value is -1.74. The molecule has 1 aliphatic rings. The van der Waals surface area contributed by atoms with Crippen LogP contribution in [0.15, 0.2) is 60.7 Å². The lowest BCUT2D eigenvalue weighted by Crippen LogP contribution is -2.48. The van der Waals surface area contributed by atoms with Gasteiger partial charge in [0.1, 0.15) is 45.5 Å². The van der Waals surface area contributed by atoms with Gasteiger partial charge in [0, 0.05) is 34.9 Å². The zero-order valence-corrected chi connectivity index (χ0v) is 24.2. The van der Waals surface area contributed by atoms with E-state index in [9.17, 15) is 0 Å². The first kappa shape index (κ1) is 31.8. The molecule has 2 aromatic carbocycles. The molecule has 1 heterocycles. The van der Waals surface area contributed by atoms with Crippen LogP contribution in [0.5, 0.6) is 0 Å². The van der Waals surface area contributed by atoms with Crippen molar-refractivity contribution in [1.29, 1.82) is 0 Å². The van der Waals surface area contributed by atoms with Gasteiger partial charge >= 0.3 is 0 Å². The first-order valence-electron chi connectivity index (χ1n) is 12.9. The van der Waals surface area contributed by atoms with Gasteiger partial charge in [-0.25, -0.2) is 0 Å². The van der Waals surface area contributed by atoms with Crippen LogP contribution in [0.4, 0.5) is 0 Å². The van der Waals surface area contributed by atoms with Crippen LogP contribution in [-0.4, -0.2) is 108 Å². The van der Waals surface area contributed by atoms with E-state index in [1.165, 1.54) is 0 Å². The fourth-order valence-corrected chi connectivity index (χ4v) is 6.36. The summed E-state index contributed by atoms with van der Waals surface area (Å²) in [6, 6.07) is 20.5. The van der Waals surface area contributed by atoms with Crippen LogP contribution in [-0.2, 0) is 47.1 Å². The molecule has 0 amide bonds. The molecule has 0 aromatic heterocycles. The maximum absolute atomic E-state index is 6.64. The summed E-state index contributed by atoms with van der Waals surface area (Å²) in [6.45, 7) is 1.04. The monoisotopic (exact) mass is 565 g/mol. The van der Waals surface area contributed by atoms with Gasteiger partial charge in [0.2, 0.25) is 0 Å². The summed E-state index contributed by atoms with van der Waals surface area (Å²) in [5.41, 5.74) is 0. The van der Waals surface area contributed by atoms with E-state index in [1.54, 1.807) is 28.4 Å². The van der Waals surface area contributed by atoms with Crippen molar-refractivity contribution in [3.8, 4) is 0 Å². The van der Waals surface area contributed by atoms with Crippen LogP contribution in [0.25, 0.3) is 0 Å². The third kappa shape index (κ3) is 10.3. The van der Waals surface area contributed by atoms with Crippen molar-refractivity contribution in [2.45, 2.75) is 36.9 Å². The van der Waals surface area contributed by atoms with Gasteiger partial charge in [0.05, 0.1) is 25.4 Å². The second-order valence-electron chi connectivity index (χ2n) is 8.87. The molecule has 0 aliphatic carbocycles. The number of hydrogen-bond acceptors (Lipinski definition) is 10. The van der Waals surface area contributed by atoms with Gasteiger partial charge in [-0.2, -0.15) is 0 Å². The van der Waals surface area contributed by atoms with Gasteiger partial charge in [0.25, 0.3) is 9.04 Å². The van der Waals surface area contributed by atoms with Crippen molar-refractivity contribution in [3.63, 3.8) is 0 Å². The Morgan fingerprint density at radius 1 is 0.692 bits per heavy atom. The number of methoxy groups -OCH3 is 4. The lowest BCUT2D eigenvalue weighted by Gasteiger charge is -2.26. The fourth-order valence-electron chi connectivity index (χ4n) is 4.37. The standard InChI is InChI=1S/C28H41O10Si/c1-29-18-33-16-22(34-19-30-2)15-25-27(35-20-31-3)28(36-21-32-4)26(38-25)17-37-39(23-11-7-5-8-12-23)24-13-9-6-10-14-24/h5-14,22,25-28H,15-21H2,1-4H3/t22-,25-,26-,27+,28+/m1/s1. The highest BCUT2D eigenvalue weighted by atomic mass is 28.3. The van der Waals surface area contributed by atoms with E-state index >= 15 is 0 Å². The summed E-state index contributed by atoms with van der Waals surface area (Å²) >= 11 is 0. The van der Waals surface area contributed by atoms with Crippen LogP contribution in [0.3, 0.4) is 0 Å². The molecule has 0 saturated carbocycles. The van der Waals surface area contributed by atoms with Crippen molar-refractivity contribution >= 4 is 19.4 Å². The zero-order chi connectivity index (χ0) is 27.7. The molecule has 0 N–H and O–H groups in total. The highest BCUT2D eigenvalue weighted by Gasteiger charge is 2.47. The molecular weight excluding hydrogens is 524 g/mol. The van der Waals surface area contributed by atoms with Gasteiger partial charge in [-0.15, -0.1) is 0 Å². The highest BCUT2D eigenvalue weighted by Crippen LogP contribution is 2.31. The van der Waals surface area contributed by atoms with E-state index in [2.05, 4.69) is 24.3 Å². The van der Waals surface area contributed by atoms with Crippen molar-refractivity contribution in [2.75, 3.05) is 68.8 Å². The van der Waals surface area contributed by atoms with E-state index in [0.29, 0.717) is 19.6 Å². The molecule has 0 unspecified atom stereocenters. The summed E-state index contributed by atoms with van der Waals surface area (Å²) in [7, 11) is 4.77. The normalized spacial score (nSPS) is 22.0. The Morgan fingerprint density at radius 3 is 1.77 bits per heavy atom. The smallest absolute Gasteiger partial charge is 0.283 e. The third-order valence-corrected chi connectivity index (χ3v) is 8.22. The van der Waals surface area contributed by atoms with E-state index in [4.69, 9.17) is 47.1 Å². The first-order valence-corrected chi connectivity index (χ1v) is 14.3. The SMILES string of the molecule is COCOC[C@@H](C[C@H]1O[C@H](CO[Si](c2ccccc2)c2ccccc2)[C@H](OCOC)[C@H]1OCOC)OCOC. The molecule has 39 heavy (non-hydrogen) atoms. The van der Waals surface area contributed by atoms with Crippen molar-refractivity contribution in [1.82, 2.24) is 0 Å². The molecular formula is C28H41O10Si. The maximum atomic E-state index is 6.64. The summed E-state index contributed by atoms with van der Waals surface area (Å²) in [5.74, 6) is 0. The highest BCUT2D eigenvalue weighted by molar-refractivity contribution is 6.80. The molecule has 0 bridgehead atoms. The molecule has 0 spiro atoms. The Labute approximate surface area is 233 Å². The van der Waals surface area contributed by atoms with E-state index in [-0.39, 0.29) is 39.4 Å². The summed E-state index contributed by atoms with van der Waals surface area (Å²) in [6.07, 6.45) is -1.55. The molecule has 1 radical (unpaired) electrons. The van der Waals surface area contributed by atoms with Gasteiger partial charge in [-0.3, -0.25) is 0 Å². The molecule has 2 aromatic rings. The molecule has 10 nitrogen and oxygen atoms in total. The Kier molecular flexibility index (Phi) is 15.1. The quantitative estimate of drug-likeness (QED) is 0.134. The van der Waals surface area contributed by atoms with E-state index in [1.807, 2.05) is 36.4 Å². The van der Waals surface area contributed by atoms with Crippen LogP contribution in [0.2, 0.25) is 0 Å². The van der Waals surface area contributed by atoms with Gasteiger partial charge < -0.3 is 47.1 Å². The largest absolute Gasteiger partial charge is 0.405 e. The predicted octanol–water partition coefficient (Wildman–Crippen LogP) is 1.55. The average Bonchev–Trinajstić information content (AvgIpc) is 3.30. The minimum Gasteiger partial charge on any atom is -0.405 e. The predicted molar refractivity (Wildman–Crippen MR) is 145 cm³/mol. The molecule has 1 saturated heterocycles. The molecule has 3 rings (SSSR count). The van der Waals surface area contributed by atoms with Crippen LogP contribution in [0.1, 0.15) is 6.42 Å². The third-order valence-electron chi connectivity index (χ3n) is 6.05. The Morgan fingerprint density at radius 2 is 1.23 bits per heavy atom. The second-order valence-corrected chi connectivity index (χ2v) is 11.0. The van der Waals surface area contributed by atoms with Gasteiger partial charge in [-0.1, -0.05) is 60.7 Å². The maximum Gasteiger partial charge on any atom is 0.283 e. The van der Waals surface area contributed by atoms with E-state index in [0.717, 1.165) is 10.4 Å². The minimum absolute atomic E-state index is 0.0811. The summed E-state index contributed by atoms with van der Waals surface area (Å²) in [4.78, 5) is 0. The van der Waals surface area contributed by atoms with Crippen molar-refractivity contribution in [2.24, 2.45) is 0 Å². The number of benzene rings is 2. The molecule has 217 valence electrons. The average molecular weight is 566 g/mol. The molecule has 5 atom stereocenters. The lowest BCUT2D eigenvalue weighted by molar-refractivity contribution is -0.160. The Balaban J connectivity index is 1.79. The molecule has 11 heteroatoms. The Bertz CT molecular complexity index is 838. The van der Waals surface area contributed by atoms with Gasteiger partial charge in [-0.05, 0) is 10.4 Å². The zero-order valence-electron chi connectivity index (χ0n) is 23.2. The number of hydrogen-bond donors (Lipinski definition) is 0.